The van der Waals surface area contributed by atoms with Gasteiger partial charge in [-0.2, -0.15) is 5.26 Å². The van der Waals surface area contributed by atoms with E-state index in [1.165, 1.54) is 12.1 Å². The lowest BCUT2D eigenvalue weighted by Gasteiger charge is -2.24. The standard InChI is InChI=1S/C14H18ClNO3S/c1-5-10(9-16)19-13-7-6-11(20(15,17)18)8-12(13)14(2,3)4/h6-8,10H,5H2,1-4H3. The van der Waals surface area contributed by atoms with Gasteiger partial charge in [0.05, 0.1) is 4.90 Å². The highest BCUT2D eigenvalue weighted by Gasteiger charge is 2.23. The van der Waals surface area contributed by atoms with Crippen molar-refractivity contribution in [3.63, 3.8) is 0 Å². The highest BCUT2D eigenvalue weighted by atomic mass is 35.7. The summed E-state index contributed by atoms with van der Waals surface area (Å²) in [5, 5.41) is 8.97. The number of benzene rings is 1. The molecule has 4 nitrogen and oxygen atoms in total. The molecule has 0 aromatic heterocycles. The van der Waals surface area contributed by atoms with Crippen molar-refractivity contribution in [2.45, 2.75) is 50.5 Å². The molecule has 0 N–H and O–H groups in total. The van der Waals surface area contributed by atoms with E-state index < -0.39 is 15.2 Å². The summed E-state index contributed by atoms with van der Waals surface area (Å²) in [6.45, 7) is 7.66. The van der Waals surface area contributed by atoms with E-state index in [1.807, 2.05) is 27.7 Å². The number of hydrogen-bond donors (Lipinski definition) is 0. The van der Waals surface area contributed by atoms with E-state index in [2.05, 4.69) is 6.07 Å². The van der Waals surface area contributed by atoms with Crippen LogP contribution in [0, 0.1) is 11.3 Å². The molecule has 0 heterocycles. The van der Waals surface area contributed by atoms with Crippen molar-refractivity contribution >= 4 is 19.7 Å². The van der Waals surface area contributed by atoms with Crippen molar-refractivity contribution in [1.82, 2.24) is 0 Å². The van der Waals surface area contributed by atoms with Gasteiger partial charge in [-0.15, -0.1) is 0 Å². The number of ether oxygens (including phenoxy) is 1. The second kappa shape index (κ2) is 6.02. The summed E-state index contributed by atoms with van der Waals surface area (Å²) in [5.41, 5.74) is 0.369. The minimum absolute atomic E-state index is 0.0291. The topological polar surface area (TPSA) is 67.2 Å². The maximum atomic E-state index is 11.4. The molecule has 1 aromatic rings. The van der Waals surface area contributed by atoms with Gasteiger partial charge in [0.15, 0.2) is 6.10 Å². The summed E-state index contributed by atoms with van der Waals surface area (Å²) in [6, 6.07) is 6.50. The summed E-state index contributed by atoms with van der Waals surface area (Å²) in [7, 11) is 1.58. The molecule has 0 amide bonds. The zero-order valence-corrected chi connectivity index (χ0v) is 13.5. The smallest absolute Gasteiger partial charge is 0.261 e. The van der Waals surface area contributed by atoms with Crippen LogP contribution in [0.15, 0.2) is 23.1 Å². The van der Waals surface area contributed by atoms with Crippen LogP contribution < -0.4 is 4.74 Å². The molecule has 0 aliphatic rings. The van der Waals surface area contributed by atoms with Gasteiger partial charge >= 0.3 is 0 Å². The van der Waals surface area contributed by atoms with Gasteiger partial charge < -0.3 is 4.74 Å². The summed E-state index contributed by atoms with van der Waals surface area (Å²) >= 11 is 0. The second-order valence-electron chi connectivity index (χ2n) is 5.49. The first-order chi connectivity index (χ1) is 9.09. The maximum Gasteiger partial charge on any atom is 0.261 e. The number of nitriles is 1. The van der Waals surface area contributed by atoms with Crippen molar-refractivity contribution in [2.75, 3.05) is 0 Å². The third-order valence-electron chi connectivity index (χ3n) is 2.82. The molecule has 1 unspecified atom stereocenters. The number of rotatable bonds is 4. The highest BCUT2D eigenvalue weighted by Crippen LogP contribution is 2.34. The third kappa shape index (κ3) is 4.12. The molecule has 20 heavy (non-hydrogen) atoms. The van der Waals surface area contributed by atoms with E-state index >= 15 is 0 Å². The molecule has 1 rings (SSSR count). The fourth-order valence-electron chi connectivity index (χ4n) is 1.70. The zero-order chi connectivity index (χ0) is 15.6. The molecule has 0 saturated heterocycles. The Morgan fingerprint density at radius 3 is 2.40 bits per heavy atom. The van der Waals surface area contributed by atoms with Crippen LogP contribution in [0.25, 0.3) is 0 Å². The van der Waals surface area contributed by atoms with Crippen LogP contribution in [0.3, 0.4) is 0 Å². The van der Waals surface area contributed by atoms with E-state index in [4.69, 9.17) is 20.7 Å². The minimum Gasteiger partial charge on any atom is -0.475 e. The van der Waals surface area contributed by atoms with Gasteiger partial charge in [-0.05, 0) is 30.0 Å². The normalized spacial score (nSPS) is 13.6. The van der Waals surface area contributed by atoms with Gasteiger partial charge in [-0.25, -0.2) is 8.42 Å². The summed E-state index contributed by atoms with van der Waals surface area (Å²) < 4.78 is 28.5. The van der Waals surface area contributed by atoms with Gasteiger partial charge in [0.2, 0.25) is 0 Å². The summed E-state index contributed by atoms with van der Waals surface area (Å²) in [5.74, 6) is 0.509. The molecule has 0 spiro atoms. The van der Waals surface area contributed by atoms with Gasteiger partial charge in [0, 0.05) is 16.2 Å². The van der Waals surface area contributed by atoms with E-state index in [-0.39, 0.29) is 10.3 Å². The monoisotopic (exact) mass is 315 g/mol. The summed E-state index contributed by atoms with van der Waals surface area (Å²) in [6.07, 6.45) is -0.00936. The molecule has 0 aliphatic heterocycles. The Hall–Kier alpha value is -1.25. The molecular weight excluding hydrogens is 298 g/mol. The molecule has 1 atom stereocenters. The van der Waals surface area contributed by atoms with E-state index in [0.717, 1.165) is 0 Å². The molecule has 0 fully saturated rings. The molecule has 0 bridgehead atoms. The van der Waals surface area contributed by atoms with E-state index in [9.17, 15) is 8.42 Å². The molecule has 110 valence electrons. The fourth-order valence-corrected chi connectivity index (χ4v) is 2.48. The minimum atomic E-state index is -3.79. The molecule has 6 heteroatoms. The van der Waals surface area contributed by atoms with E-state index in [1.54, 1.807) is 6.07 Å². The van der Waals surface area contributed by atoms with Crippen LogP contribution in [0.2, 0.25) is 0 Å². The van der Waals surface area contributed by atoms with Crippen LogP contribution >= 0.6 is 10.7 Å². The lowest BCUT2D eigenvalue weighted by molar-refractivity contribution is 0.245. The van der Waals surface area contributed by atoms with Crippen molar-refractivity contribution in [2.24, 2.45) is 0 Å². The summed E-state index contributed by atoms with van der Waals surface area (Å²) in [4.78, 5) is 0.0291. The average Bonchev–Trinajstić information content (AvgIpc) is 2.33. The van der Waals surface area contributed by atoms with Crippen LogP contribution in [-0.4, -0.2) is 14.5 Å². The Morgan fingerprint density at radius 1 is 1.40 bits per heavy atom. The number of hydrogen-bond acceptors (Lipinski definition) is 4. The van der Waals surface area contributed by atoms with E-state index in [0.29, 0.717) is 17.7 Å². The van der Waals surface area contributed by atoms with Crippen molar-refractivity contribution in [1.29, 1.82) is 5.26 Å². The van der Waals surface area contributed by atoms with Gasteiger partial charge in [0.1, 0.15) is 11.8 Å². The van der Waals surface area contributed by atoms with Gasteiger partial charge in [0.25, 0.3) is 9.05 Å². The second-order valence-corrected chi connectivity index (χ2v) is 8.06. The largest absolute Gasteiger partial charge is 0.475 e. The number of nitrogens with zero attached hydrogens (tertiary/aromatic N) is 1. The number of halogens is 1. The van der Waals surface area contributed by atoms with Gasteiger partial charge in [-0.3, -0.25) is 0 Å². The van der Waals surface area contributed by atoms with Crippen LogP contribution in [0.5, 0.6) is 5.75 Å². The predicted octanol–water partition coefficient (Wildman–Crippen LogP) is 3.59. The predicted molar refractivity (Wildman–Crippen MR) is 78.5 cm³/mol. The van der Waals surface area contributed by atoms with Crippen LogP contribution in [0.4, 0.5) is 0 Å². The Bertz CT molecular complexity index is 627. The molecule has 0 saturated carbocycles. The van der Waals surface area contributed by atoms with Crippen molar-refractivity contribution in [3.8, 4) is 11.8 Å². The Morgan fingerprint density at radius 2 is 2.00 bits per heavy atom. The van der Waals surface area contributed by atoms with Crippen LogP contribution in [0.1, 0.15) is 39.7 Å². The molecule has 0 aliphatic carbocycles. The van der Waals surface area contributed by atoms with Gasteiger partial charge in [-0.1, -0.05) is 27.7 Å². The Balaban J connectivity index is 3.36. The first-order valence-electron chi connectivity index (χ1n) is 6.25. The fraction of sp³-hybridized carbons (Fsp3) is 0.500. The molecule has 0 radical (unpaired) electrons. The Kier molecular flexibility index (Phi) is 5.06. The van der Waals surface area contributed by atoms with Crippen LogP contribution in [-0.2, 0) is 14.5 Å². The third-order valence-corrected chi connectivity index (χ3v) is 4.18. The molecule has 1 aromatic carbocycles. The molecular formula is C14H18ClNO3S. The van der Waals surface area contributed by atoms with Crippen molar-refractivity contribution in [3.05, 3.63) is 23.8 Å². The lowest BCUT2D eigenvalue weighted by Crippen LogP contribution is -2.18. The first kappa shape index (κ1) is 16.8. The maximum absolute atomic E-state index is 11.4. The SMILES string of the molecule is CCC(C#N)Oc1ccc(S(=O)(=O)Cl)cc1C(C)(C)C. The highest BCUT2D eigenvalue weighted by molar-refractivity contribution is 8.13. The quantitative estimate of drug-likeness (QED) is 0.796. The lowest BCUT2D eigenvalue weighted by atomic mass is 9.86. The zero-order valence-electron chi connectivity index (χ0n) is 12.0. The first-order valence-corrected chi connectivity index (χ1v) is 8.56. The van der Waals surface area contributed by atoms with Crippen molar-refractivity contribution < 1.29 is 13.2 Å². The average molecular weight is 316 g/mol. The Labute approximate surface area is 124 Å².